The fourth-order valence-electron chi connectivity index (χ4n) is 1.37. The van der Waals surface area contributed by atoms with Crippen molar-refractivity contribution in [2.24, 2.45) is 0 Å². The summed E-state index contributed by atoms with van der Waals surface area (Å²) in [4.78, 5) is 0. The highest BCUT2D eigenvalue weighted by Gasteiger charge is 2.37. The molecule has 108 valence electrons. The predicted octanol–water partition coefficient (Wildman–Crippen LogP) is 5.74. The Labute approximate surface area is 134 Å². The SMILES string of the molecule is COc1c(Br)cc(CO[Si](C)(C)C(C)(C)C)cc1Br. The lowest BCUT2D eigenvalue weighted by atomic mass is 10.2. The molecule has 0 amide bonds. The van der Waals surface area contributed by atoms with Crippen LogP contribution in [0.4, 0.5) is 0 Å². The predicted molar refractivity (Wildman–Crippen MR) is 90.4 cm³/mol. The van der Waals surface area contributed by atoms with E-state index in [1.807, 2.05) is 0 Å². The van der Waals surface area contributed by atoms with Crippen molar-refractivity contribution in [1.82, 2.24) is 0 Å². The lowest BCUT2D eigenvalue weighted by Gasteiger charge is -2.36. The lowest BCUT2D eigenvalue weighted by Crippen LogP contribution is -2.40. The van der Waals surface area contributed by atoms with Gasteiger partial charge in [-0.05, 0) is 67.7 Å². The average Bonchev–Trinajstić information content (AvgIpc) is 2.24. The molecule has 2 nitrogen and oxygen atoms in total. The molecule has 0 bridgehead atoms. The number of benzene rings is 1. The maximum atomic E-state index is 6.22. The minimum absolute atomic E-state index is 0.230. The summed E-state index contributed by atoms with van der Waals surface area (Å²) in [6.45, 7) is 11.9. The highest BCUT2D eigenvalue weighted by atomic mass is 79.9. The van der Waals surface area contributed by atoms with Crippen LogP contribution in [-0.2, 0) is 11.0 Å². The van der Waals surface area contributed by atoms with Gasteiger partial charge in [0.25, 0.3) is 0 Å². The van der Waals surface area contributed by atoms with Gasteiger partial charge in [0.2, 0.25) is 0 Å². The van der Waals surface area contributed by atoms with Crippen LogP contribution in [0.2, 0.25) is 18.1 Å². The Morgan fingerprint density at radius 2 is 1.58 bits per heavy atom. The van der Waals surface area contributed by atoms with Gasteiger partial charge in [0.1, 0.15) is 5.75 Å². The Balaban J connectivity index is 2.85. The highest BCUT2D eigenvalue weighted by Crippen LogP contribution is 2.38. The summed E-state index contributed by atoms with van der Waals surface area (Å²) < 4.78 is 13.4. The van der Waals surface area contributed by atoms with Gasteiger partial charge < -0.3 is 9.16 Å². The van der Waals surface area contributed by atoms with Crippen LogP contribution in [0.5, 0.6) is 5.75 Å². The zero-order valence-electron chi connectivity index (χ0n) is 12.4. The highest BCUT2D eigenvalue weighted by molar-refractivity contribution is 9.11. The standard InChI is InChI=1S/C14H22Br2O2Si/c1-14(2,3)19(5,6)18-9-10-7-11(15)13(17-4)12(16)8-10/h7-8H,9H2,1-6H3. The Hall–Kier alpha value is 0.157. The molecular formula is C14H22Br2O2Si. The van der Waals surface area contributed by atoms with Gasteiger partial charge in [0.15, 0.2) is 8.32 Å². The third-order valence-electron chi connectivity index (χ3n) is 3.67. The number of methoxy groups -OCH3 is 1. The average molecular weight is 410 g/mol. The first-order chi connectivity index (χ1) is 8.58. The molecule has 0 saturated carbocycles. The largest absolute Gasteiger partial charge is 0.494 e. The van der Waals surface area contributed by atoms with Gasteiger partial charge in [-0.15, -0.1) is 0 Å². The fourth-order valence-corrected chi connectivity index (χ4v) is 3.94. The summed E-state index contributed by atoms with van der Waals surface area (Å²) in [5.41, 5.74) is 1.14. The van der Waals surface area contributed by atoms with Gasteiger partial charge in [-0.1, -0.05) is 20.8 Å². The zero-order chi connectivity index (χ0) is 14.8. The van der Waals surface area contributed by atoms with Crippen LogP contribution in [-0.4, -0.2) is 15.4 Å². The molecule has 0 saturated heterocycles. The summed E-state index contributed by atoms with van der Waals surface area (Å²) >= 11 is 7.04. The first-order valence-electron chi connectivity index (χ1n) is 6.24. The Bertz CT molecular complexity index is 430. The molecule has 0 aromatic heterocycles. The molecule has 0 N–H and O–H groups in total. The summed E-state index contributed by atoms with van der Waals surface area (Å²) in [7, 11) is -0.0429. The van der Waals surface area contributed by atoms with Crippen LogP contribution < -0.4 is 4.74 Å². The van der Waals surface area contributed by atoms with E-state index in [9.17, 15) is 0 Å². The van der Waals surface area contributed by atoms with Crippen molar-refractivity contribution in [2.75, 3.05) is 7.11 Å². The first kappa shape index (κ1) is 17.2. The molecule has 0 heterocycles. The summed E-state index contributed by atoms with van der Waals surface area (Å²) in [5.74, 6) is 0.816. The van der Waals surface area contributed by atoms with Crippen molar-refractivity contribution in [3.05, 3.63) is 26.6 Å². The van der Waals surface area contributed by atoms with E-state index in [4.69, 9.17) is 9.16 Å². The van der Waals surface area contributed by atoms with E-state index in [1.54, 1.807) is 7.11 Å². The topological polar surface area (TPSA) is 18.5 Å². The minimum Gasteiger partial charge on any atom is -0.494 e. The molecule has 1 aromatic carbocycles. The first-order valence-corrected chi connectivity index (χ1v) is 10.7. The number of halogens is 2. The van der Waals surface area contributed by atoms with Crippen molar-refractivity contribution in [1.29, 1.82) is 0 Å². The van der Waals surface area contributed by atoms with E-state index in [0.29, 0.717) is 6.61 Å². The van der Waals surface area contributed by atoms with Gasteiger partial charge in [0, 0.05) is 0 Å². The normalized spacial score (nSPS) is 12.6. The van der Waals surface area contributed by atoms with Crippen LogP contribution in [0, 0.1) is 0 Å². The lowest BCUT2D eigenvalue weighted by molar-refractivity contribution is 0.276. The van der Waals surface area contributed by atoms with Gasteiger partial charge in [0.05, 0.1) is 22.7 Å². The molecule has 0 atom stereocenters. The monoisotopic (exact) mass is 408 g/mol. The molecule has 0 aliphatic rings. The second kappa shape index (κ2) is 6.29. The molecule has 1 aromatic rings. The van der Waals surface area contributed by atoms with Gasteiger partial charge in [-0.25, -0.2) is 0 Å². The van der Waals surface area contributed by atoms with Crippen LogP contribution in [0.1, 0.15) is 26.3 Å². The third-order valence-corrected chi connectivity index (χ3v) is 9.32. The van der Waals surface area contributed by atoms with Gasteiger partial charge in [-0.3, -0.25) is 0 Å². The number of hydrogen-bond donors (Lipinski definition) is 0. The second-order valence-corrected chi connectivity index (χ2v) is 12.7. The van der Waals surface area contributed by atoms with E-state index < -0.39 is 8.32 Å². The molecule has 0 aliphatic carbocycles. The van der Waals surface area contributed by atoms with E-state index in [2.05, 4.69) is 77.9 Å². The van der Waals surface area contributed by atoms with Gasteiger partial charge >= 0.3 is 0 Å². The molecule has 0 spiro atoms. The summed E-state index contributed by atoms with van der Waals surface area (Å²) in [5, 5.41) is 0.230. The van der Waals surface area contributed by atoms with E-state index in [1.165, 1.54) is 0 Å². The van der Waals surface area contributed by atoms with Crippen LogP contribution in [0.3, 0.4) is 0 Å². The zero-order valence-corrected chi connectivity index (χ0v) is 16.6. The van der Waals surface area contributed by atoms with Crippen molar-refractivity contribution < 1.29 is 9.16 Å². The van der Waals surface area contributed by atoms with Crippen molar-refractivity contribution in [2.45, 2.75) is 45.5 Å². The maximum absolute atomic E-state index is 6.22. The van der Waals surface area contributed by atoms with E-state index >= 15 is 0 Å². The smallest absolute Gasteiger partial charge is 0.192 e. The molecule has 5 heteroatoms. The third kappa shape index (κ3) is 4.31. The summed E-state index contributed by atoms with van der Waals surface area (Å²) in [6.07, 6.45) is 0. The Morgan fingerprint density at radius 3 is 1.95 bits per heavy atom. The second-order valence-electron chi connectivity index (χ2n) is 6.14. The molecule has 0 fully saturated rings. The molecule has 0 aliphatic heterocycles. The van der Waals surface area contributed by atoms with Gasteiger partial charge in [-0.2, -0.15) is 0 Å². The van der Waals surface area contributed by atoms with Crippen molar-refractivity contribution in [3.63, 3.8) is 0 Å². The molecule has 0 unspecified atom stereocenters. The number of ether oxygens (including phenoxy) is 1. The number of rotatable bonds is 4. The molecule has 19 heavy (non-hydrogen) atoms. The number of hydrogen-bond acceptors (Lipinski definition) is 2. The summed E-state index contributed by atoms with van der Waals surface area (Å²) in [6, 6.07) is 4.10. The molecule has 1 rings (SSSR count). The molecular weight excluding hydrogens is 388 g/mol. The fraction of sp³-hybridized carbons (Fsp3) is 0.571. The Kier molecular flexibility index (Phi) is 5.69. The van der Waals surface area contributed by atoms with E-state index in [-0.39, 0.29) is 5.04 Å². The van der Waals surface area contributed by atoms with Crippen LogP contribution in [0.15, 0.2) is 21.1 Å². The molecule has 0 radical (unpaired) electrons. The van der Waals surface area contributed by atoms with Crippen molar-refractivity contribution in [3.8, 4) is 5.75 Å². The van der Waals surface area contributed by atoms with E-state index in [0.717, 1.165) is 20.3 Å². The van der Waals surface area contributed by atoms with Crippen LogP contribution in [0.25, 0.3) is 0 Å². The van der Waals surface area contributed by atoms with Crippen LogP contribution >= 0.6 is 31.9 Å². The quantitative estimate of drug-likeness (QED) is 0.590. The van der Waals surface area contributed by atoms with Crippen molar-refractivity contribution >= 4 is 40.2 Å². The Morgan fingerprint density at radius 1 is 1.11 bits per heavy atom. The maximum Gasteiger partial charge on any atom is 0.192 e. The minimum atomic E-state index is -1.71.